The summed E-state index contributed by atoms with van der Waals surface area (Å²) in [4.78, 5) is 24.3. The molecular weight excluding hydrogens is 417 g/mol. The van der Waals surface area contributed by atoms with Gasteiger partial charge in [-0.25, -0.2) is 4.79 Å². The van der Waals surface area contributed by atoms with Gasteiger partial charge in [0.2, 0.25) is 6.79 Å². The lowest BCUT2D eigenvalue weighted by Crippen LogP contribution is -2.15. The van der Waals surface area contributed by atoms with E-state index in [1.165, 1.54) is 30.3 Å². The molecule has 1 amide bonds. The van der Waals surface area contributed by atoms with E-state index in [4.69, 9.17) is 32.7 Å². The number of halogens is 2. The number of amides is 1. The smallest absolute Gasteiger partial charge is 0.337 e. The molecule has 4 rings (SSSR count). The summed E-state index contributed by atoms with van der Waals surface area (Å²) in [5, 5.41) is 12.8. The van der Waals surface area contributed by atoms with E-state index in [9.17, 15) is 14.7 Å². The molecule has 8 heteroatoms. The Kier molecular flexibility index (Phi) is 5.05. The zero-order valence-corrected chi connectivity index (χ0v) is 16.3. The molecule has 0 spiro atoms. The number of carboxylic acids is 1. The molecule has 0 fully saturated rings. The van der Waals surface area contributed by atoms with Crippen molar-refractivity contribution >= 4 is 40.8 Å². The van der Waals surface area contributed by atoms with Crippen LogP contribution < -0.4 is 14.8 Å². The molecular formula is C21H13Cl2NO5. The Morgan fingerprint density at radius 3 is 2.34 bits per heavy atom. The van der Waals surface area contributed by atoms with E-state index in [1.54, 1.807) is 24.3 Å². The molecule has 3 aromatic carbocycles. The summed E-state index contributed by atoms with van der Waals surface area (Å²) in [6.45, 7) is 0.150. The number of benzene rings is 3. The maximum atomic E-state index is 12.5. The van der Waals surface area contributed by atoms with Crippen LogP contribution in [-0.2, 0) is 0 Å². The van der Waals surface area contributed by atoms with E-state index < -0.39 is 11.9 Å². The minimum Gasteiger partial charge on any atom is -0.478 e. The van der Waals surface area contributed by atoms with Crippen LogP contribution in [0.1, 0.15) is 20.7 Å². The van der Waals surface area contributed by atoms with Crippen LogP contribution in [0.15, 0.2) is 54.6 Å². The summed E-state index contributed by atoms with van der Waals surface area (Å²) in [6, 6.07) is 14.5. The average molecular weight is 430 g/mol. The highest BCUT2D eigenvalue weighted by molar-refractivity contribution is 6.37. The van der Waals surface area contributed by atoms with Crippen molar-refractivity contribution in [3.05, 3.63) is 75.8 Å². The van der Waals surface area contributed by atoms with Crippen molar-refractivity contribution in [3.63, 3.8) is 0 Å². The second-order valence-electron chi connectivity index (χ2n) is 6.21. The number of anilines is 1. The van der Waals surface area contributed by atoms with E-state index in [1.807, 2.05) is 0 Å². The Morgan fingerprint density at radius 2 is 1.59 bits per heavy atom. The molecule has 146 valence electrons. The molecule has 1 aliphatic rings. The Hall–Kier alpha value is -3.22. The van der Waals surface area contributed by atoms with Crippen LogP contribution >= 0.6 is 23.2 Å². The van der Waals surface area contributed by atoms with E-state index in [2.05, 4.69) is 5.32 Å². The van der Waals surface area contributed by atoms with Crippen molar-refractivity contribution < 1.29 is 24.2 Å². The SMILES string of the molecule is O=C(Nc1ccc(-c2ccc3c(c2)OCO3)cc1C(=O)O)c1ccc(Cl)cc1Cl. The standard InChI is InChI=1S/C21H13Cl2NO5/c22-13-3-4-14(16(23)9-13)20(25)24-17-5-1-11(7-15(17)21(26)27)12-2-6-18-19(8-12)29-10-28-18/h1-9H,10H2,(H,24,25)(H,26,27). The fourth-order valence-corrected chi connectivity index (χ4v) is 3.44. The summed E-state index contributed by atoms with van der Waals surface area (Å²) in [5.41, 5.74) is 1.70. The lowest BCUT2D eigenvalue weighted by atomic mass is 10.0. The topological polar surface area (TPSA) is 84.9 Å². The molecule has 1 heterocycles. The molecule has 0 radical (unpaired) electrons. The molecule has 2 N–H and O–H groups in total. The fourth-order valence-electron chi connectivity index (χ4n) is 2.95. The molecule has 3 aromatic rings. The third-order valence-electron chi connectivity index (χ3n) is 4.38. The van der Waals surface area contributed by atoms with Gasteiger partial charge in [-0.2, -0.15) is 0 Å². The molecule has 29 heavy (non-hydrogen) atoms. The molecule has 0 aliphatic carbocycles. The Labute approximate surface area is 175 Å². The van der Waals surface area contributed by atoms with Gasteiger partial charge in [0, 0.05) is 5.02 Å². The molecule has 0 bridgehead atoms. The zero-order valence-electron chi connectivity index (χ0n) is 14.7. The van der Waals surface area contributed by atoms with Crippen molar-refractivity contribution in [1.29, 1.82) is 0 Å². The third kappa shape index (κ3) is 3.85. The molecule has 1 aliphatic heterocycles. The predicted octanol–water partition coefficient (Wildman–Crippen LogP) is 5.34. The normalized spacial score (nSPS) is 11.9. The first-order valence-corrected chi connectivity index (χ1v) is 9.22. The number of hydrogen-bond acceptors (Lipinski definition) is 4. The number of fused-ring (bicyclic) bond motifs is 1. The number of rotatable bonds is 4. The van der Waals surface area contributed by atoms with E-state index in [-0.39, 0.29) is 28.6 Å². The van der Waals surface area contributed by atoms with Crippen LogP contribution in [0.4, 0.5) is 5.69 Å². The molecule has 0 atom stereocenters. The lowest BCUT2D eigenvalue weighted by molar-refractivity contribution is 0.0698. The van der Waals surface area contributed by atoms with Crippen molar-refractivity contribution in [2.24, 2.45) is 0 Å². The number of carbonyl (C=O) groups is 2. The van der Waals surface area contributed by atoms with Crippen LogP contribution in [0.2, 0.25) is 10.0 Å². The van der Waals surface area contributed by atoms with Gasteiger partial charge in [0.05, 0.1) is 21.8 Å². The second-order valence-corrected chi connectivity index (χ2v) is 7.06. The molecule has 0 aromatic heterocycles. The quantitative estimate of drug-likeness (QED) is 0.584. The van der Waals surface area contributed by atoms with Crippen molar-refractivity contribution in [3.8, 4) is 22.6 Å². The number of ether oxygens (including phenoxy) is 2. The van der Waals surface area contributed by atoms with Gasteiger partial charge < -0.3 is 19.9 Å². The lowest BCUT2D eigenvalue weighted by Gasteiger charge is -2.12. The van der Waals surface area contributed by atoms with Crippen LogP contribution in [0, 0.1) is 0 Å². The third-order valence-corrected chi connectivity index (χ3v) is 4.93. The molecule has 0 unspecified atom stereocenters. The van der Waals surface area contributed by atoms with Crippen LogP contribution in [0.25, 0.3) is 11.1 Å². The van der Waals surface area contributed by atoms with Gasteiger partial charge >= 0.3 is 5.97 Å². The number of aromatic carboxylic acids is 1. The van der Waals surface area contributed by atoms with Crippen LogP contribution in [-0.4, -0.2) is 23.8 Å². The van der Waals surface area contributed by atoms with Gasteiger partial charge in [0.15, 0.2) is 11.5 Å². The van der Waals surface area contributed by atoms with Crippen molar-refractivity contribution in [2.45, 2.75) is 0 Å². The fraction of sp³-hybridized carbons (Fsp3) is 0.0476. The van der Waals surface area contributed by atoms with E-state index in [0.29, 0.717) is 22.1 Å². The highest BCUT2D eigenvalue weighted by Crippen LogP contribution is 2.36. The number of carboxylic acid groups (broad SMARTS) is 1. The first kappa shape index (κ1) is 19.1. The summed E-state index contributed by atoms with van der Waals surface area (Å²) >= 11 is 11.9. The van der Waals surface area contributed by atoms with E-state index >= 15 is 0 Å². The molecule has 6 nitrogen and oxygen atoms in total. The second kappa shape index (κ2) is 7.66. The largest absolute Gasteiger partial charge is 0.478 e. The average Bonchev–Trinajstić information content (AvgIpc) is 3.15. The van der Waals surface area contributed by atoms with Gasteiger partial charge in [-0.1, -0.05) is 35.3 Å². The predicted molar refractivity (Wildman–Crippen MR) is 109 cm³/mol. The summed E-state index contributed by atoms with van der Waals surface area (Å²) in [5.74, 6) is -0.486. The van der Waals surface area contributed by atoms with Crippen molar-refractivity contribution in [2.75, 3.05) is 12.1 Å². The van der Waals surface area contributed by atoms with Gasteiger partial charge in [-0.3, -0.25) is 4.79 Å². The summed E-state index contributed by atoms with van der Waals surface area (Å²) in [6.07, 6.45) is 0. The number of nitrogens with one attached hydrogen (secondary N) is 1. The summed E-state index contributed by atoms with van der Waals surface area (Å²) < 4.78 is 10.7. The van der Waals surface area contributed by atoms with Gasteiger partial charge in [0.25, 0.3) is 5.91 Å². The van der Waals surface area contributed by atoms with Crippen molar-refractivity contribution in [1.82, 2.24) is 0 Å². The Bertz CT molecular complexity index is 1150. The van der Waals surface area contributed by atoms with Crippen LogP contribution in [0.3, 0.4) is 0 Å². The van der Waals surface area contributed by atoms with Gasteiger partial charge in [-0.15, -0.1) is 0 Å². The minimum atomic E-state index is -1.18. The maximum absolute atomic E-state index is 12.5. The number of hydrogen-bond donors (Lipinski definition) is 2. The Balaban J connectivity index is 1.66. The van der Waals surface area contributed by atoms with E-state index in [0.717, 1.165) is 5.56 Å². The monoisotopic (exact) mass is 429 g/mol. The van der Waals surface area contributed by atoms with Crippen LogP contribution in [0.5, 0.6) is 11.5 Å². The number of carbonyl (C=O) groups excluding carboxylic acids is 1. The Morgan fingerprint density at radius 1 is 0.862 bits per heavy atom. The van der Waals surface area contributed by atoms with Gasteiger partial charge in [0.1, 0.15) is 0 Å². The molecule has 0 saturated heterocycles. The summed E-state index contributed by atoms with van der Waals surface area (Å²) in [7, 11) is 0. The molecule has 0 saturated carbocycles. The first-order valence-electron chi connectivity index (χ1n) is 8.46. The highest BCUT2D eigenvalue weighted by atomic mass is 35.5. The first-order chi connectivity index (χ1) is 13.9. The minimum absolute atomic E-state index is 0.0568. The highest BCUT2D eigenvalue weighted by Gasteiger charge is 2.18. The zero-order chi connectivity index (χ0) is 20.5. The maximum Gasteiger partial charge on any atom is 0.337 e. The van der Waals surface area contributed by atoms with Gasteiger partial charge in [-0.05, 0) is 53.6 Å².